The molecule has 0 saturated carbocycles. The van der Waals surface area contributed by atoms with Crippen molar-refractivity contribution in [2.75, 3.05) is 26.2 Å². The molecule has 0 fully saturated rings. The van der Waals surface area contributed by atoms with E-state index in [0.29, 0.717) is 0 Å². The molecule has 6 nitrogen and oxygen atoms in total. The van der Waals surface area contributed by atoms with Crippen molar-refractivity contribution < 1.29 is 9.53 Å². The van der Waals surface area contributed by atoms with Crippen LogP contribution in [0.25, 0.3) is 0 Å². The normalized spacial score (nSPS) is 20.2. The molecule has 0 spiro atoms. The van der Waals surface area contributed by atoms with Gasteiger partial charge in [-0.1, -0.05) is 6.07 Å². The average molecular weight is 320 g/mol. The zero-order valence-electron chi connectivity index (χ0n) is 14.3. The maximum absolute atomic E-state index is 12.2. The number of hydrogen-bond acceptors (Lipinski definition) is 6. The Kier molecular flexibility index (Phi) is 6.50. The van der Waals surface area contributed by atoms with E-state index < -0.39 is 5.60 Å². The molecule has 6 heteroatoms. The summed E-state index contributed by atoms with van der Waals surface area (Å²) in [7, 11) is 0. The quantitative estimate of drug-likeness (QED) is 0.710. The van der Waals surface area contributed by atoms with Gasteiger partial charge in [-0.15, -0.1) is 0 Å². The van der Waals surface area contributed by atoms with Crippen LogP contribution < -0.4 is 16.0 Å². The molecule has 23 heavy (non-hydrogen) atoms. The van der Waals surface area contributed by atoms with Crippen molar-refractivity contribution in [3.05, 3.63) is 29.6 Å². The first-order valence-electron chi connectivity index (χ1n) is 8.26. The van der Waals surface area contributed by atoms with Crippen molar-refractivity contribution in [1.82, 2.24) is 20.9 Å². The molecular weight excluding hydrogens is 292 g/mol. The molecule has 0 saturated heterocycles. The fraction of sp³-hybridized carbons (Fsp3) is 0.647. The van der Waals surface area contributed by atoms with Gasteiger partial charge in [0.15, 0.2) is 0 Å². The van der Waals surface area contributed by atoms with Crippen molar-refractivity contribution in [3.8, 4) is 0 Å². The third kappa shape index (κ3) is 6.64. The van der Waals surface area contributed by atoms with E-state index in [0.717, 1.165) is 44.1 Å². The minimum Gasteiger partial charge on any atom is -0.460 e. The molecule has 2 rings (SSSR count). The molecular formula is C17H28N4O2. The van der Waals surface area contributed by atoms with E-state index in [1.165, 1.54) is 0 Å². The lowest BCUT2D eigenvalue weighted by Crippen LogP contribution is -2.36. The number of esters is 1. The topological polar surface area (TPSA) is 75.3 Å². The van der Waals surface area contributed by atoms with E-state index in [9.17, 15) is 4.79 Å². The first kappa shape index (κ1) is 17.8. The zero-order valence-corrected chi connectivity index (χ0v) is 14.3. The number of carbonyl (C=O) groups is 1. The van der Waals surface area contributed by atoms with E-state index in [4.69, 9.17) is 4.74 Å². The number of hydrogen-bond donors (Lipinski definition) is 3. The molecule has 0 aliphatic carbocycles. The van der Waals surface area contributed by atoms with E-state index in [1.54, 1.807) is 0 Å². The molecule has 128 valence electrons. The van der Waals surface area contributed by atoms with Crippen molar-refractivity contribution in [2.24, 2.45) is 0 Å². The highest BCUT2D eigenvalue weighted by atomic mass is 16.6. The number of carbonyl (C=O) groups excluding carboxylic acids is 1. The highest BCUT2D eigenvalue weighted by molar-refractivity contribution is 5.70. The molecule has 2 heterocycles. The predicted octanol–water partition coefficient (Wildman–Crippen LogP) is 1.14. The van der Waals surface area contributed by atoms with Gasteiger partial charge in [0.05, 0.1) is 23.9 Å². The van der Waals surface area contributed by atoms with Crippen LogP contribution in [0.2, 0.25) is 0 Å². The largest absolute Gasteiger partial charge is 0.460 e. The van der Waals surface area contributed by atoms with Crippen LogP contribution in [0, 0.1) is 0 Å². The molecule has 0 amide bonds. The van der Waals surface area contributed by atoms with Crippen molar-refractivity contribution in [2.45, 2.75) is 45.4 Å². The van der Waals surface area contributed by atoms with E-state index in [-0.39, 0.29) is 18.4 Å². The van der Waals surface area contributed by atoms with Gasteiger partial charge in [-0.05, 0) is 32.9 Å². The van der Waals surface area contributed by atoms with Crippen LogP contribution >= 0.6 is 0 Å². The summed E-state index contributed by atoms with van der Waals surface area (Å²) in [6.07, 6.45) is 0.279. The highest BCUT2D eigenvalue weighted by Gasteiger charge is 2.22. The predicted molar refractivity (Wildman–Crippen MR) is 90.0 cm³/mol. The standard InChI is InChI=1S/C17H28N4O2/c1-17(2,3)23-16(22)11-15-14-6-4-5-13(21-14)12-19-8-7-18-9-10-20-15/h4-6,15,18-20H,7-12H2,1-3H3. The van der Waals surface area contributed by atoms with Crippen molar-refractivity contribution in [3.63, 3.8) is 0 Å². The fourth-order valence-electron chi connectivity index (χ4n) is 2.47. The summed E-state index contributed by atoms with van der Waals surface area (Å²) < 4.78 is 5.45. The fourth-order valence-corrected chi connectivity index (χ4v) is 2.47. The van der Waals surface area contributed by atoms with Gasteiger partial charge < -0.3 is 20.7 Å². The Morgan fingerprint density at radius 3 is 2.74 bits per heavy atom. The number of fused-ring (bicyclic) bond motifs is 2. The van der Waals surface area contributed by atoms with E-state index >= 15 is 0 Å². The van der Waals surface area contributed by atoms with Crippen LogP contribution in [0.15, 0.2) is 18.2 Å². The van der Waals surface area contributed by atoms with Crippen LogP contribution in [0.4, 0.5) is 0 Å². The molecule has 0 aromatic carbocycles. The van der Waals surface area contributed by atoms with Gasteiger partial charge in [-0.25, -0.2) is 0 Å². The number of nitrogens with zero attached hydrogens (tertiary/aromatic N) is 1. The second-order valence-electron chi connectivity index (χ2n) is 6.78. The van der Waals surface area contributed by atoms with Gasteiger partial charge in [-0.3, -0.25) is 9.78 Å². The second kappa shape index (κ2) is 8.38. The van der Waals surface area contributed by atoms with Gasteiger partial charge >= 0.3 is 5.97 Å². The Morgan fingerprint density at radius 1 is 1.22 bits per heavy atom. The Hall–Kier alpha value is -1.50. The summed E-state index contributed by atoms with van der Waals surface area (Å²) >= 11 is 0. The average Bonchev–Trinajstić information content (AvgIpc) is 2.46. The first-order valence-corrected chi connectivity index (χ1v) is 8.26. The molecule has 1 aromatic heterocycles. The van der Waals surface area contributed by atoms with Gasteiger partial charge in [0.2, 0.25) is 0 Å². The second-order valence-corrected chi connectivity index (χ2v) is 6.78. The monoisotopic (exact) mass is 320 g/mol. The Bertz CT molecular complexity index is 514. The first-order chi connectivity index (χ1) is 10.9. The van der Waals surface area contributed by atoms with Gasteiger partial charge in [-0.2, -0.15) is 0 Å². The lowest BCUT2D eigenvalue weighted by Gasteiger charge is -2.23. The number of aromatic nitrogens is 1. The molecule has 1 aliphatic heterocycles. The van der Waals surface area contributed by atoms with Crippen molar-refractivity contribution in [1.29, 1.82) is 0 Å². The lowest BCUT2D eigenvalue weighted by atomic mass is 10.1. The minimum absolute atomic E-state index is 0.133. The summed E-state index contributed by atoms with van der Waals surface area (Å²) in [6.45, 7) is 9.83. The van der Waals surface area contributed by atoms with E-state index in [2.05, 4.69) is 20.9 Å². The lowest BCUT2D eigenvalue weighted by molar-refractivity contribution is -0.155. The summed E-state index contributed by atoms with van der Waals surface area (Å²) in [5.74, 6) is -0.208. The number of nitrogens with one attached hydrogen (secondary N) is 3. The third-order valence-electron chi connectivity index (χ3n) is 3.45. The number of ether oxygens (including phenoxy) is 1. The van der Waals surface area contributed by atoms with Crippen LogP contribution in [0.3, 0.4) is 0 Å². The van der Waals surface area contributed by atoms with Crippen molar-refractivity contribution >= 4 is 5.97 Å². The maximum atomic E-state index is 12.2. The van der Waals surface area contributed by atoms with Crippen LogP contribution in [-0.2, 0) is 16.1 Å². The van der Waals surface area contributed by atoms with Gasteiger partial charge in [0.1, 0.15) is 5.60 Å². The molecule has 1 unspecified atom stereocenters. The van der Waals surface area contributed by atoms with Crippen LogP contribution in [-0.4, -0.2) is 42.7 Å². The summed E-state index contributed by atoms with van der Waals surface area (Å²) in [6, 6.07) is 5.82. The Labute approximate surface area is 138 Å². The number of rotatable bonds is 2. The summed E-state index contributed by atoms with van der Waals surface area (Å²) in [5, 5.41) is 10.1. The summed E-state index contributed by atoms with van der Waals surface area (Å²) in [5.41, 5.74) is 1.40. The minimum atomic E-state index is -0.469. The zero-order chi connectivity index (χ0) is 16.7. The molecule has 2 bridgehead atoms. The third-order valence-corrected chi connectivity index (χ3v) is 3.45. The van der Waals surface area contributed by atoms with Gasteiger partial charge in [0.25, 0.3) is 0 Å². The molecule has 3 N–H and O–H groups in total. The molecule has 1 aliphatic rings. The van der Waals surface area contributed by atoms with Crippen LogP contribution in [0.1, 0.15) is 44.6 Å². The number of pyridine rings is 1. The SMILES string of the molecule is CC(C)(C)OC(=O)CC1NCCNCCNCc2cccc1n2. The summed E-state index contributed by atoms with van der Waals surface area (Å²) in [4.78, 5) is 16.9. The molecule has 1 atom stereocenters. The highest BCUT2D eigenvalue weighted by Crippen LogP contribution is 2.18. The maximum Gasteiger partial charge on any atom is 0.308 e. The Morgan fingerprint density at radius 2 is 1.96 bits per heavy atom. The smallest absolute Gasteiger partial charge is 0.308 e. The molecule has 1 aromatic rings. The van der Waals surface area contributed by atoms with Crippen LogP contribution in [0.5, 0.6) is 0 Å². The Balaban J connectivity index is 2.11. The van der Waals surface area contributed by atoms with E-state index in [1.807, 2.05) is 39.0 Å². The van der Waals surface area contributed by atoms with Gasteiger partial charge in [0, 0.05) is 32.7 Å². The molecule has 0 radical (unpaired) electrons.